The van der Waals surface area contributed by atoms with Crippen molar-refractivity contribution in [1.29, 1.82) is 0 Å². The molecule has 76 valence electrons. The lowest BCUT2D eigenvalue weighted by atomic mass is 10.2. The van der Waals surface area contributed by atoms with E-state index in [1.165, 1.54) is 0 Å². The number of anilines is 1. The van der Waals surface area contributed by atoms with Crippen LogP contribution in [0.5, 0.6) is 0 Å². The van der Waals surface area contributed by atoms with Gasteiger partial charge in [-0.3, -0.25) is 5.84 Å². The average molecular weight is 201 g/mol. The van der Waals surface area contributed by atoms with Crippen LogP contribution in [-0.4, -0.2) is 6.54 Å². The number of nitrogen functional groups attached to an aromatic ring is 1. The van der Waals surface area contributed by atoms with Crippen LogP contribution in [0.4, 0.5) is 5.69 Å². The number of hydrogen-bond donors (Lipinski definition) is 2. The SMILES string of the molecule is [N-]=[N+]=NCCC#Cc1ccc(NN)cc1. The lowest BCUT2D eigenvalue weighted by molar-refractivity contribution is 1.01. The van der Waals surface area contributed by atoms with E-state index in [4.69, 9.17) is 11.4 Å². The molecule has 0 saturated heterocycles. The van der Waals surface area contributed by atoms with Crippen LogP contribution in [0, 0.1) is 11.8 Å². The highest BCUT2D eigenvalue weighted by Gasteiger charge is 1.87. The molecule has 0 unspecified atom stereocenters. The molecule has 0 aliphatic carbocycles. The summed E-state index contributed by atoms with van der Waals surface area (Å²) >= 11 is 0. The van der Waals surface area contributed by atoms with E-state index in [-0.39, 0.29) is 0 Å². The molecule has 0 radical (unpaired) electrons. The van der Waals surface area contributed by atoms with Gasteiger partial charge in [-0.1, -0.05) is 17.0 Å². The first-order valence-electron chi connectivity index (χ1n) is 4.43. The fraction of sp³-hybridized carbons (Fsp3) is 0.200. The molecule has 1 aromatic rings. The minimum atomic E-state index is 0.409. The van der Waals surface area contributed by atoms with Gasteiger partial charge in [0.1, 0.15) is 0 Å². The summed E-state index contributed by atoms with van der Waals surface area (Å²) in [5.74, 6) is 11.1. The Bertz CT molecular complexity index is 406. The molecular formula is C10H11N5. The molecule has 0 heterocycles. The first kappa shape index (κ1) is 10.9. The van der Waals surface area contributed by atoms with Crippen molar-refractivity contribution >= 4 is 5.69 Å². The number of hydrazine groups is 1. The van der Waals surface area contributed by atoms with Gasteiger partial charge < -0.3 is 5.43 Å². The van der Waals surface area contributed by atoms with Crippen LogP contribution in [-0.2, 0) is 0 Å². The van der Waals surface area contributed by atoms with Gasteiger partial charge in [-0.2, -0.15) is 0 Å². The predicted octanol–water partition coefficient (Wildman–Crippen LogP) is 2.02. The molecule has 0 spiro atoms. The Hall–Kier alpha value is -2.15. The Kier molecular flexibility index (Phi) is 4.61. The van der Waals surface area contributed by atoms with Crippen LogP contribution in [0.15, 0.2) is 29.4 Å². The maximum absolute atomic E-state index is 8.03. The molecule has 0 aliphatic heterocycles. The van der Waals surface area contributed by atoms with E-state index in [1.807, 2.05) is 24.3 Å². The van der Waals surface area contributed by atoms with Gasteiger partial charge in [0.2, 0.25) is 0 Å². The van der Waals surface area contributed by atoms with Gasteiger partial charge in [-0.15, -0.1) is 0 Å². The third-order valence-corrected chi connectivity index (χ3v) is 1.68. The Morgan fingerprint density at radius 1 is 1.40 bits per heavy atom. The standard InChI is InChI=1S/C10H11N5/c11-14-10-6-4-9(5-7-10)3-1-2-8-13-15-12/h4-7,14H,2,8,11H2. The number of rotatable bonds is 3. The second kappa shape index (κ2) is 6.33. The molecular weight excluding hydrogens is 190 g/mol. The minimum absolute atomic E-state index is 0.409. The van der Waals surface area contributed by atoms with E-state index in [0.29, 0.717) is 13.0 Å². The molecule has 1 rings (SSSR count). The summed E-state index contributed by atoms with van der Waals surface area (Å²) in [6.45, 7) is 0.409. The van der Waals surface area contributed by atoms with Crippen molar-refractivity contribution in [1.82, 2.24) is 0 Å². The fourth-order valence-electron chi connectivity index (χ4n) is 0.965. The third-order valence-electron chi connectivity index (χ3n) is 1.68. The highest BCUT2D eigenvalue weighted by Crippen LogP contribution is 2.06. The van der Waals surface area contributed by atoms with Crippen LogP contribution in [0.25, 0.3) is 10.4 Å². The van der Waals surface area contributed by atoms with Gasteiger partial charge in [0.25, 0.3) is 0 Å². The third kappa shape index (κ3) is 4.05. The van der Waals surface area contributed by atoms with E-state index < -0.39 is 0 Å². The van der Waals surface area contributed by atoms with Crippen molar-refractivity contribution in [2.45, 2.75) is 6.42 Å². The molecule has 0 saturated carbocycles. The zero-order valence-electron chi connectivity index (χ0n) is 8.14. The number of nitrogens with zero attached hydrogens (tertiary/aromatic N) is 3. The zero-order chi connectivity index (χ0) is 10.9. The second-order valence-corrected chi connectivity index (χ2v) is 2.73. The second-order valence-electron chi connectivity index (χ2n) is 2.73. The van der Waals surface area contributed by atoms with E-state index >= 15 is 0 Å². The van der Waals surface area contributed by atoms with E-state index in [1.54, 1.807) is 0 Å². The Morgan fingerprint density at radius 3 is 2.73 bits per heavy atom. The van der Waals surface area contributed by atoms with Gasteiger partial charge in [-0.05, 0) is 29.8 Å². The molecule has 3 N–H and O–H groups in total. The number of nitrogens with two attached hydrogens (primary N) is 1. The quantitative estimate of drug-likeness (QED) is 0.149. The summed E-state index contributed by atoms with van der Waals surface area (Å²) < 4.78 is 0. The Labute approximate surface area is 87.9 Å². The zero-order valence-corrected chi connectivity index (χ0v) is 8.14. The van der Waals surface area contributed by atoms with Crippen LogP contribution < -0.4 is 11.3 Å². The van der Waals surface area contributed by atoms with Gasteiger partial charge in [0.15, 0.2) is 0 Å². The number of nitrogens with one attached hydrogen (secondary N) is 1. The Morgan fingerprint density at radius 2 is 2.13 bits per heavy atom. The van der Waals surface area contributed by atoms with Crippen LogP contribution in [0.3, 0.4) is 0 Å². The summed E-state index contributed by atoms with van der Waals surface area (Å²) in [4.78, 5) is 2.64. The van der Waals surface area contributed by atoms with E-state index in [0.717, 1.165) is 11.3 Å². The molecule has 5 nitrogen and oxygen atoms in total. The van der Waals surface area contributed by atoms with Crippen molar-refractivity contribution in [3.63, 3.8) is 0 Å². The monoisotopic (exact) mass is 201 g/mol. The summed E-state index contributed by atoms with van der Waals surface area (Å²) in [6.07, 6.45) is 0.570. The maximum Gasteiger partial charge on any atom is 0.0485 e. The van der Waals surface area contributed by atoms with Crippen LogP contribution in [0.2, 0.25) is 0 Å². The predicted molar refractivity (Wildman–Crippen MR) is 59.8 cm³/mol. The number of hydrogen-bond acceptors (Lipinski definition) is 3. The summed E-state index contributed by atoms with van der Waals surface area (Å²) in [6, 6.07) is 7.43. The van der Waals surface area contributed by atoms with Gasteiger partial charge in [0, 0.05) is 29.1 Å². The summed E-state index contributed by atoms with van der Waals surface area (Å²) in [7, 11) is 0. The van der Waals surface area contributed by atoms with Crippen LogP contribution >= 0.6 is 0 Å². The fourth-order valence-corrected chi connectivity index (χ4v) is 0.965. The van der Waals surface area contributed by atoms with Crippen LogP contribution in [0.1, 0.15) is 12.0 Å². The molecule has 15 heavy (non-hydrogen) atoms. The van der Waals surface area contributed by atoms with Crippen molar-refractivity contribution in [3.05, 3.63) is 40.3 Å². The maximum atomic E-state index is 8.03. The molecule has 0 aromatic heterocycles. The number of benzene rings is 1. The first-order valence-corrected chi connectivity index (χ1v) is 4.43. The lowest BCUT2D eigenvalue weighted by Crippen LogP contribution is -2.05. The Balaban J connectivity index is 2.52. The normalized spacial score (nSPS) is 8.33. The van der Waals surface area contributed by atoms with Gasteiger partial charge in [-0.25, -0.2) is 0 Å². The molecule has 0 aliphatic rings. The number of azide groups is 1. The average Bonchev–Trinajstić information content (AvgIpc) is 2.30. The van der Waals surface area contributed by atoms with Gasteiger partial charge >= 0.3 is 0 Å². The summed E-state index contributed by atoms with van der Waals surface area (Å²) in [5.41, 5.74) is 12.3. The molecule has 1 aromatic carbocycles. The highest BCUT2D eigenvalue weighted by molar-refractivity contribution is 5.47. The molecule has 5 heteroatoms. The first-order chi connectivity index (χ1) is 7.36. The largest absolute Gasteiger partial charge is 0.324 e. The van der Waals surface area contributed by atoms with Crippen molar-refractivity contribution < 1.29 is 0 Å². The van der Waals surface area contributed by atoms with Crippen molar-refractivity contribution in [2.24, 2.45) is 11.0 Å². The van der Waals surface area contributed by atoms with E-state index in [9.17, 15) is 0 Å². The highest BCUT2D eigenvalue weighted by atomic mass is 15.2. The topological polar surface area (TPSA) is 86.8 Å². The molecule has 0 atom stereocenters. The van der Waals surface area contributed by atoms with Crippen molar-refractivity contribution in [3.8, 4) is 11.8 Å². The molecule has 0 fully saturated rings. The smallest absolute Gasteiger partial charge is 0.0485 e. The van der Waals surface area contributed by atoms with Crippen molar-refractivity contribution in [2.75, 3.05) is 12.0 Å². The van der Waals surface area contributed by atoms with E-state index in [2.05, 4.69) is 27.3 Å². The van der Waals surface area contributed by atoms with Gasteiger partial charge in [0.05, 0.1) is 0 Å². The lowest BCUT2D eigenvalue weighted by Gasteiger charge is -1.97. The minimum Gasteiger partial charge on any atom is -0.324 e. The molecule has 0 bridgehead atoms. The molecule has 0 amide bonds. The summed E-state index contributed by atoms with van der Waals surface area (Å²) in [5, 5.41) is 3.38.